The SMILES string of the molecule is NCCCCC(C(=O)O)N(O)C1O[C@H](CO)[C@H](O)[C@H](O)[C@H]1O. The Morgan fingerprint density at radius 1 is 1.18 bits per heavy atom. The van der Waals surface area contributed by atoms with Gasteiger partial charge in [-0.2, -0.15) is 0 Å². The third-order valence-corrected chi connectivity index (χ3v) is 3.66. The summed E-state index contributed by atoms with van der Waals surface area (Å²) in [7, 11) is 0. The van der Waals surface area contributed by atoms with Crippen LogP contribution in [0.5, 0.6) is 0 Å². The number of rotatable bonds is 8. The maximum Gasteiger partial charge on any atom is 0.323 e. The molecule has 1 aliphatic heterocycles. The molecule has 0 bridgehead atoms. The first-order valence-corrected chi connectivity index (χ1v) is 7.05. The number of hydroxylamine groups is 2. The Labute approximate surface area is 127 Å². The van der Waals surface area contributed by atoms with Gasteiger partial charge in [-0.15, -0.1) is 5.06 Å². The molecule has 0 aromatic rings. The maximum absolute atomic E-state index is 11.3. The van der Waals surface area contributed by atoms with Crippen LogP contribution in [0.4, 0.5) is 0 Å². The number of hydrogen-bond donors (Lipinski definition) is 7. The zero-order chi connectivity index (χ0) is 16.9. The summed E-state index contributed by atoms with van der Waals surface area (Å²) in [6, 6.07) is -1.38. The standard InChI is InChI=1S/C12H24N2O8/c13-4-2-1-3-6(12(19)20)14(21)11-10(18)9(17)8(16)7(5-15)22-11/h6-11,15-18,21H,1-5,13H2,(H,19,20)/t6?,7-,8+,9+,10-,11?/m1/s1. The van der Waals surface area contributed by atoms with Crippen molar-refractivity contribution in [3.05, 3.63) is 0 Å². The number of nitrogens with zero attached hydrogens (tertiary/aromatic N) is 1. The first kappa shape index (κ1) is 19.2. The van der Waals surface area contributed by atoms with Gasteiger partial charge in [-0.3, -0.25) is 4.79 Å². The highest BCUT2D eigenvalue weighted by Gasteiger charge is 2.47. The van der Waals surface area contributed by atoms with Crippen LogP contribution >= 0.6 is 0 Å². The summed E-state index contributed by atoms with van der Waals surface area (Å²) in [5.74, 6) is -1.34. The molecule has 2 unspecified atom stereocenters. The van der Waals surface area contributed by atoms with Crippen LogP contribution in [-0.4, -0.2) is 91.6 Å². The smallest absolute Gasteiger partial charge is 0.323 e. The summed E-state index contributed by atoms with van der Waals surface area (Å²) >= 11 is 0. The zero-order valence-electron chi connectivity index (χ0n) is 12.0. The molecule has 1 saturated heterocycles. The molecule has 6 atom stereocenters. The van der Waals surface area contributed by atoms with E-state index >= 15 is 0 Å². The molecule has 0 spiro atoms. The van der Waals surface area contributed by atoms with Crippen molar-refractivity contribution in [2.24, 2.45) is 5.73 Å². The van der Waals surface area contributed by atoms with E-state index in [-0.39, 0.29) is 6.42 Å². The summed E-state index contributed by atoms with van der Waals surface area (Å²) in [6.07, 6.45) is -6.77. The van der Waals surface area contributed by atoms with Gasteiger partial charge in [0.25, 0.3) is 0 Å². The molecule has 1 fully saturated rings. The first-order chi connectivity index (χ1) is 10.3. The highest BCUT2D eigenvalue weighted by atomic mass is 16.6. The minimum Gasteiger partial charge on any atom is -0.480 e. The van der Waals surface area contributed by atoms with Crippen LogP contribution < -0.4 is 5.73 Å². The van der Waals surface area contributed by atoms with Crippen molar-refractivity contribution in [2.45, 2.75) is 55.9 Å². The van der Waals surface area contributed by atoms with E-state index in [9.17, 15) is 25.3 Å². The number of unbranched alkanes of at least 4 members (excludes halogenated alkanes) is 1. The van der Waals surface area contributed by atoms with Gasteiger partial charge in [0, 0.05) is 0 Å². The predicted molar refractivity (Wildman–Crippen MR) is 71.7 cm³/mol. The highest BCUT2D eigenvalue weighted by Crippen LogP contribution is 2.25. The topological polar surface area (TPSA) is 177 Å². The van der Waals surface area contributed by atoms with Gasteiger partial charge in [-0.25, -0.2) is 0 Å². The van der Waals surface area contributed by atoms with Crippen molar-refractivity contribution in [1.82, 2.24) is 5.06 Å². The van der Waals surface area contributed by atoms with E-state index in [4.69, 9.17) is 20.7 Å². The molecule has 0 aromatic carbocycles. The Morgan fingerprint density at radius 3 is 2.32 bits per heavy atom. The van der Waals surface area contributed by atoms with Crippen LogP contribution in [0.15, 0.2) is 0 Å². The van der Waals surface area contributed by atoms with Crippen molar-refractivity contribution in [3.63, 3.8) is 0 Å². The molecule has 10 heteroatoms. The van der Waals surface area contributed by atoms with Crippen LogP contribution in [0.3, 0.4) is 0 Å². The largest absolute Gasteiger partial charge is 0.480 e. The van der Waals surface area contributed by atoms with E-state index in [1.807, 2.05) is 0 Å². The minimum atomic E-state index is -1.74. The first-order valence-electron chi connectivity index (χ1n) is 7.05. The number of carboxylic acid groups (broad SMARTS) is 1. The van der Waals surface area contributed by atoms with Gasteiger partial charge in [-0.1, -0.05) is 0 Å². The number of aliphatic hydroxyl groups excluding tert-OH is 4. The quantitative estimate of drug-likeness (QED) is 0.180. The molecule has 0 aromatic heterocycles. The van der Waals surface area contributed by atoms with Gasteiger partial charge < -0.3 is 41.2 Å². The fraction of sp³-hybridized carbons (Fsp3) is 0.917. The Balaban J connectivity index is 2.82. The molecule has 1 aliphatic rings. The van der Waals surface area contributed by atoms with Crippen molar-refractivity contribution >= 4 is 5.97 Å². The van der Waals surface area contributed by atoms with Gasteiger partial charge in [0.2, 0.25) is 0 Å². The van der Waals surface area contributed by atoms with Gasteiger partial charge in [0.1, 0.15) is 30.5 Å². The number of aliphatic carboxylic acids is 1. The lowest BCUT2D eigenvalue weighted by atomic mass is 9.97. The maximum atomic E-state index is 11.3. The summed E-state index contributed by atoms with van der Waals surface area (Å²) in [5, 5.41) is 57.8. The molecule has 1 heterocycles. The third kappa shape index (κ3) is 4.33. The van der Waals surface area contributed by atoms with Gasteiger partial charge in [0.15, 0.2) is 6.23 Å². The number of carboxylic acids is 1. The minimum absolute atomic E-state index is 0.0536. The van der Waals surface area contributed by atoms with Gasteiger partial charge >= 0.3 is 5.97 Å². The fourth-order valence-electron chi connectivity index (χ4n) is 2.33. The average molecular weight is 324 g/mol. The van der Waals surface area contributed by atoms with E-state index in [0.717, 1.165) is 0 Å². The number of hydrogen-bond acceptors (Lipinski definition) is 9. The van der Waals surface area contributed by atoms with Crippen LogP contribution in [0.25, 0.3) is 0 Å². The second-order valence-corrected chi connectivity index (χ2v) is 5.24. The Bertz CT molecular complexity index is 356. The summed E-state index contributed by atoms with van der Waals surface area (Å²) in [5.41, 5.74) is 5.32. The van der Waals surface area contributed by atoms with E-state index in [1.165, 1.54) is 0 Å². The van der Waals surface area contributed by atoms with E-state index in [0.29, 0.717) is 24.4 Å². The third-order valence-electron chi connectivity index (χ3n) is 3.66. The van der Waals surface area contributed by atoms with Crippen molar-refractivity contribution < 1.29 is 40.3 Å². The number of ether oxygens (including phenoxy) is 1. The Hall–Kier alpha value is -0.850. The normalized spacial score (nSPS) is 33.9. The molecule has 130 valence electrons. The fourth-order valence-corrected chi connectivity index (χ4v) is 2.33. The Morgan fingerprint density at radius 2 is 1.82 bits per heavy atom. The van der Waals surface area contributed by atoms with Crippen molar-refractivity contribution in [1.29, 1.82) is 0 Å². The second kappa shape index (κ2) is 8.70. The van der Waals surface area contributed by atoms with Crippen LogP contribution in [0, 0.1) is 0 Å². The van der Waals surface area contributed by atoms with E-state index < -0.39 is 49.3 Å². The molecule has 10 nitrogen and oxygen atoms in total. The molecule has 0 saturated carbocycles. The average Bonchev–Trinajstić information content (AvgIpc) is 2.48. The zero-order valence-corrected chi connectivity index (χ0v) is 12.0. The van der Waals surface area contributed by atoms with Crippen molar-refractivity contribution in [2.75, 3.05) is 13.2 Å². The van der Waals surface area contributed by atoms with Crippen molar-refractivity contribution in [3.8, 4) is 0 Å². The van der Waals surface area contributed by atoms with E-state index in [2.05, 4.69) is 0 Å². The molecule has 1 rings (SSSR count). The molecule has 0 amide bonds. The van der Waals surface area contributed by atoms with Gasteiger partial charge in [0.05, 0.1) is 6.61 Å². The Kier molecular flexibility index (Phi) is 7.59. The lowest BCUT2D eigenvalue weighted by molar-refractivity contribution is -0.329. The molecular weight excluding hydrogens is 300 g/mol. The van der Waals surface area contributed by atoms with Crippen LogP contribution in [0.1, 0.15) is 19.3 Å². The number of carbonyl (C=O) groups is 1. The number of aliphatic hydroxyl groups is 4. The van der Waals surface area contributed by atoms with Crippen LogP contribution in [0.2, 0.25) is 0 Å². The number of nitrogens with two attached hydrogens (primary N) is 1. The van der Waals surface area contributed by atoms with Crippen LogP contribution in [-0.2, 0) is 9.53 Å². The molecule has 0 radical (unpaired) electrons. The molecule has 0 aliphatic carbocycles. The van der Waals surface area contributed by atoms with E-state index in [1.54, 1.807) is 0 Å². The molecule has 22 heavy (non-hydrogen) atoms. The lowest BCUT2D eigenvalue weighted by Gasteiger charge is -2.43. The summed E-state index contributed by atoms with van der Waals surface area (Å²) in [4.78, 5) is 11.3. The summed E-state index contributed by atoms with van der Waals surface area (Å²) in [6.45, 7) is -0.294. The summed E-state index contributed by atoms with van der Waals surface area (Å²) < 4.78 is 5.11. The second-order valence-electron chi connectivity index (χ2n) is 5.24. The molecular formula is C12H24N2O8. The predicted octanol–water partition coefficient (Wildman–Crippen LogP) is -2.94. The monoisotopic (exact) mass is 324 g/mol. The molecule has 8 N–H and O–H groups in total. The van der Waals surface area contributed by atoms with Gasteiger partial charge in [-0.05, 0) is 25.8 Å². The lowest BCUT2D eigenvalue weighted by Crippen LogP contribution is -2.64. The highest BCUT2D eigenvalue weighted by molar-refractivity contribution is 5.73.